The van der Waals surface area contributed by atoms with Crippen LogP contribution in [0.3, 0.4) is 0 Å². The number of nitrogens with zero attached hydrogens (tertiary/aromatic N) is 1. The molecule has 0 spiro atoms. The van der Waals surface area contributed by atoms with Crippen molar-refractivity contribution in [3.05, 3.63) is 0 Å². The first-order valence-corrected chi connectivity index (χ1v) is 6.61. The zero-order valence-corrected chi connectivity index (χ0v) is 12.1. The van der Waals surface area contributed by atoms with Crippen molar-refractivity contribution in [2.75, 3.05) is 26.8 Å². The summed E-state index contributed by atoms with van der Waals surface area (Å²) >= 11 is 0. The molecule has 2 unspecified atom stereocenters. The number of likely N-dealkylation sites (tertiary alicyclic amines) is 1. The highest BCUT2D eigenvalue weighted by Crippen LogP contribution is 2.38. The molecule has 2 N–H and O–H groups in total. The first-order chi connectivity index (χ1) is 8.83. The molecule has 1 saturated heterocycles. The Balaban J connectivity index is 2.64. The van der Waals surface area contributed by atoms with Crippen LogP contribution >= 0.6 is 0 Å². The second-order valence-corrected chi connectivity index (χ2v) is 5.59. The summed E-state index contributed by atoms with van der Waals surface area (Å²) in [5.41, 5.74) is -0.818. The van der Waals surface area contributed by atoms with E-state index in [2.05, 4.69) is 5.32 Å². The third-order valence-electron chi connectivity index (χ3n) is 3.91. The third-order valence-corrected chi connectivity index (χ3v) is 3.91. The minimum Gasteiger partial charge on any atom is -0.481 e. The van der Waals surface area contributed by atoms with E-state index in [9.17, 15) is 14.7 Å². The molecule has 110 valence electrons. The SMILES string of the molecule is COCC(C)NC(=O)N1CCC(C(=O)O)(C(C)C)C1. The van der Waals surface area contributed by atoms with Crippen molar-refractivity contribution in [2.24, 2.45) is 11.3 Å². The lowest BCUT2D eigenvalue weighted by atomic mass is 9.76. The fraction of sp³-hybridized carbons (Fsp3) is 0.846. The Labute approximate surface area is 114 Å². The summed E-state index contributed by atoms with van der Waals surface area (Å²) in [6.45, 7) is 6.83. The maximum atomic E-state index is 12.0. The van der Waals surface area contributed by atoms with E-state index in [-0.39, 0.29) is 24.5 Å². The molecule has 2 amide bonds. The summed E-state index contributed by atoms with van der Waals surface area (Å²) in [6.07, 6.45) is 0.506. The predicted molar refractivity (Wildman–Crippen MR) is 71.0 cm³/mol. The molecule has 0 aromatic carbocycles. The molecule has 2 atom stereocenters. The van der Waals surface area contributed by atoms with Gasteiger partial charge in [-0.3, -0.25) is 4.79 Å². The average molecular weight is 272 g/mol. The van der Waals surface area contributed by atoms with Crippen molar-refractivity contribution in [3.63, 3.8) is 0 Å². The van der Waals surface area contributed by atoms with E-state index >= 15 is 0 Å². The Bertz CT molecular complexity index is 346. The van der Waals surface area contributed by atoms with Gasteiger partial charge < -0.3 is 20.1 Å². The van der Waals surface area contributed by atoms with E-state index in [1.54, 1.807) is 12.0 Å². The smallest absolute Gasteiger partial charge is 0.317 e. The maximum absolute atomic E-state index is 12.0. The number of nitrogens with one attached hydrogen (secondary N) is 1. The van der Waals surface area contributed by atoms with Gasteiger partial charge in [-0.05, 0) is 19.3 Å². The number of hydrogen-bond donors (Lipinski definition) is 2. The van der Waals surface area contributed by atoms with Gasteiger partial charge in [-0.2, -0.15) is 0 Å². The molecule has 0 aromatic heterocycles. The molecule has 0 radical (unpaired) electrons. The lowest BCUT2D eigenvalue weighted by Gasteiger charge is -2.29. The van der Waals surface area contributed by atoms with Gasteiger partial charge in [-0.1, -0.05) is 13.8 Å². The zero-order valence-electron chi connectivity index (χ0n) is 12.1. The zero-order chi connectivity index (χ0) is 14.6. The van der Waals surface area contributed by atoms with Crippen LogP contribution in [-0.2, 0) is 9.53 Å². The van der Waals surface area contributed by atoms with Crippen LogP contribution < -0.4 is 5.32 Å². The van der Waals surface area contributed by atoms with Crippen LogP contribution in [0.15, 0.2) is 0 Å². The number of methoxy groups -OCH3 is 1. The molecule has 1 aliphatic heterocycles. The number of carbonyl (C=O) groups excluding carboxylic acids is 1. The normalized spacial score (nSPS) is 24.6. The Morgan fingerprint density at radius 2 is 2.05 bits per heavy atom. The Hall–Kier alpha value is -1.30. The van der Waals surface area contributed by atoms with Crippen LogP contribution in [0.25, 0.3) is 0 Å². The van der Waals surface area contributed by atoms with E-state index < -0.39 is 11.4 Å². The molecule has 1 heterocycles. The predicted octanol–water partition coefficient (Wildman–Crippen LogP) is 1.16. The number of ether oxygens (including phenoxy) is 1. The molecule has 1 rings (SSSR count). The van der Waals surface area contributed by atoms with E-state index in [4.69, 9.17) is 4.74 Å². The number of amides is 2. The summed E-state index contributed by atoms with van der Waals surface area (Å²) in [5.74, 6) is -0.818. The van der Waals surface area contributed by atoms with Crippen LogP contribution in [0, 0.1) is 11.3 Å². The number of carbonyl (C=O) groups is 2. The van der Waals surface area contributed by atoms with Crippen LogP contribution in [0.4, 0.5) is 4.79 Å². The van der Waals surface area contributed by atoms with E-state index in [0.717, 1.165) is 0 Å². The van der Waals surface area contributed by atoms with Crippen molar-refractivity contribution in [1.82, 2.24) is 10.2 Å². The lowest BCUT2D eigenvalue weighted by molar-refractivity contribution is -0.150. The quantitative estimate of drug-likeness (QED) is 0.787. The van der Waals surface area contributed by atoms with Crippen molar-refractivity contribution in [3.8, 4) is 0 Å². The fourth-order valence-corrected chi connectivity index (χ4v) is 2.49. The summed E-state index contributed by atoms with van der Waals surface area (Å²) in [5, 5.41) is 12.2. The van der Waals surface area contributed by atoms with Gasteiger partial charge in [0.2, 0.25) is 0 Å². The third kappa shape index (κ3) is 3.37. The highest BCUT2D eigenvalue weighted by Gasteiger charge is 2.48. The number of aliphatic carboxylic acids is 1. The lowest BCUT2D eigenvalue weighted by Crippen LogP contribution is -2.46. The summed E-state index contributed by atoms with van der Waals surface area (Å²) in [4.78, 5) is 25.1. The number of carboxylic acids is 1. The van der Waals surface area contributed by atoms with Gasteiger partial charge >= 0.3 is 12.0 Å². The Kier molecular flexibility index (Phi) is 5.17. The molecule has 1 aliphatic rings. The first kappa shape index (κ1) is 15.8. The highest BCUT2D eigenvalue weighted by atomic mass is 16.5. The molecule has 1 fully saturated rings. The Morgan fingerprint density at radius 1 is 1.42 bits per heavy atom. The summed E-state index contributed by atoms with van der Waals surface area (Å²) < 4.78 is 4.96. The molecule has 6 heteroatoms. The molecule has 0 bridgehead atoms. The van der Waals surface area contributed by atoms with Gasteiger partial charge in [0.25, 0.3) is 0 Å². The van der Waals surface area contributed by atoms with Gasteiger partial charge in [0.15, 0.2) is 0 Å². The van der Waals surface area contributed by atoms with E-state index in [1.165, 1.54) is 0 Å². The number of carboxylic acid groups (broad SMARTS) is 1. The largest absolute Gasteiger partial charge is 0.481 e. The van der Waals surface area contributed by atoms with Crippen molar-refractivity contribution >= 4 is 12.0 Å². The summed E-state index contributed by atoms with van der Waals surface area (Å²) in [7, 11) is 1.58. The van der Waals surface area contributed by atoms with E-state index in [0.29, 0.717) is 19.6 Å². The van der Waals surface area contributed by atoms with E-state index in [1.807, 2.05) is 20.8 Å². The van der Waals surface area contributed by atoms with Crippen molar-refractivity contribution in [2.45, 2.75) is 33.2 Å². The molecular formula is C13H24N2O4. The molecule has 0 aromatic rings. The second-order valence-electron chi connectivity index (χ2n) is 5.59. The van der Waals surface area contributed by atoms with Crippen molar-refractivity contribution in [1.29, 1.82) is 0 Å². The fourth-order valence-electron chi connectivity index (χ4n) is 2.49. The standard InChI is InChI=1S/C13H24N2O4/c1-9(2)13(11(16)17)5-6-15(8-13)12(18)14-10(3)7-19-4/h9-10H,5-8H2,1-4H3,(H,14,18)(H,16,17). The van der Waals surface area contributed by atoms with Crippen LogP contribution in [0.2, 0.25) is 0 Å². The minimum atomic E-state index is -0.818. The van der Waals surface area contributed by atoms with Crippen LogP contribution in [0.5, 0.6) is 0 Å². The van der Waals surface area contributed by atoms with Crippen LogP contribution in [-0.4, -0.2) is 54.9 Å². The summed E-state index contributed by atoms with van der Waals surface area (Å²) in [6, 6.07) is -0.301. The van der Waals surface area contributed by atoms with Gasteiger partial charge in [0.1, 0.15) is 0 Å². The molecule has 0 saturated carbocycles. The van der Waals surface area contributed by atoms with Gasteiger partial charge in [-0.15, -0.1) is 0 Å². The van der Waals surface area contributed by atoms with Gasteiger partial charge in [-0.25, -0.2) is 4.79 Å². The number of urea groups is 1. The van der Waals surface area contributed by atoms with Crippen molar-refractivity contribution < 1.29 is 19.4 Å². The molecule has 0 aliphatic carbocycles. The van der Waals surface area contributed by atoms with Gasteiger partial charge in [0.05, 0.1) is 18.1 Å². The number of hydrogen-bond acceptors (Lipinski definition) is 3. The average Bonchev–Trinajstić information content (AvgIpc) is 2.75. The minimum absolute atomic E-state index is 0.000742. The highest BCUT2D eigenvalue weighted by molar-refractivity contribution is 5.80. The van der Waals surface area contributed by atoms with Crippen LogP contribution in [0.1, 0.15) is 27.2 Å². The molecular weight excluding hydrogens is 248 g/mol. The Morgan fingerprint density at radius 3 is 2.47 bits per heavy atom. The number of rotatable bonds is 5. The molecule has 6 nitrogen and oxygen atoms in total. The maximum Gasteiger partial charge on any atom is 0.317 e. The monoisotopic (exact) mass is 272 g/mol. The first-order valence-electron chi connectivity index (χ1n) is 6.61. The molecule has 19 heavy (non-hydrogen) atoms. The van der Waals surface area contributed by atoms with Gasteiger partial charge in [0, 0.05) is 20.2 Å². The second kappa shape index (κ2) is 6.23. The topological polar surface area (TPSA) is 78.9 Å².